The van der Waals surface area contributed by atoms with E-state index >= 15 is 0 Å². The standard InChI is InChI=1S/C12H25NO4/c1-2-3-4-5-8-13(16-11-6-9-14)17-12-7-10-15/h5,8,14-15H,2-4,6-7,9-12H2,1H3. The lowest BCUT2D eigenvalue weighted by Crippen LogP contribution is -2.20. The van der Waals surface area contributed by atoms with Crippen LogP contribution in [0.25, 0.3) is 0 Å². The van der Waals surface area contributed by atoms with Crippen molar-refractivity contribution in [2.45, 2.75) is 39.0 Å². The van der Waals surface area contributed by atoms with Crippen LogP contribution in [0.2, 0.25) is 0 Å². The van der Waals surface area contributed by atoms with E-state index in [0.29, 0.717) is 26.1 Å². The van der Waals surface area contributed by atoms with Gasteiger partial charge in [-0.15, -0.1) is 5.23 Å². The predicted octanol–water partition coefficient (Wildman–Crippen LogP) is 1.62. The number of hydrogen-bond donors (Lipinski definition) is 2. The Kier molecular flexibility index (Phi) is 13.0. The Labute approximate surface area is 104 Å². The van der Waals surface area contributed by atoms with Crippen LogP contribution in [0, 0.1) is 0 Å². The monoisotopic (exact) mass is 247 g/mol. The van der Waals surface area contributed by atoms with Crippen LogP contribution >= 0.6 is 0 Å². The van der Waals surface area contributed by atoms with Crippen LogP contribution in [0.1, 0.15) is 39.0 Å². The van der Waals surface area contributed by atoms with Gasteiger partial charge in [0.05, 0.1) is 19.4 Å². The maximum atomic E-state index is 8.65. The SMILES string of the molecule is CCCCC=CN(OCCCO)OCCCO. The number of rotatable bonds is 12. The van der Waals surface area contributed by atoms with Crippen molar-refractivity contribution in [3.05, 3.63) is 12.3 Å². The van der Waals surface area contributed by atoms with E-state index in [0.717, 1.165) is 19.3 Å². The summed E-state index contributed by atoms with van der Waals surface area (Å²) in [6.07, 6.45) is 8.15. The van der Waals surface area contributed by atoms with Gasteiger partial charge in [-0.2, -0.15) is 0 Å². The quantitative estimate of drug-likeness (QED) is 0.405. The van der Waals surface area contributed by atoms with Crippen molar-refractivity contribution in [3.63, 3.8) is 0 Å². The third kappa shape index (κ3) is 11.6. The molecule has 0 aromatic carbocycles. The second kappa shape index (κ2) is 13.4. The van der Waals surface area contributed by atoms with Crippen LogP contribution in [-0.2, 0) is 9.68 Å². The first-order chi connectivity index (χ1) is 8.35. The van der Waals surface area contributed by atoms with Crippen LogP contribution in [-0.4, -0.2) is 41.9 Å². The van der Waals surface area contributed by atoms with Crippen molar-refractivity contribution in [1.82, 2.24) is 5.23 Å². The molecule has 0 spiro atoms. The molecule has 0 radical (unpaired) electrons. The molecule has 0 rings (SSSR count). The summed E-state index contributed by atoms with van der Waals surface area (Å²) in [6, 6.07) is 0. The molecular formula is C12H25NO4. The van der Waals surface area contributed by atoms with E-state index in [1.165, 1.54) is 5.23 Å². The molecule has 2 N–H and O–H groups in total. The molecule has 0 atom stereocenters. The summed E-state index contributed by atoms with van der Waals surface area (Å²) in [4.78, 5) is 10.6. The number of aliphatic hydroxyl groups is 2. The zero-order valence-electron chi connectivity index (χ0n) is 10.7. The minimum absolute atomic E-state index is 0.101. The van der Waals surface area contributed by atoms with E-state index in [-0.39, 0.29) is 13.2 Å². The van der Waals surface area contributed by atoms with Gasteiger partial charge in [-0.05, 0) is 19.3 Å². The molecule has 5 heteroatoms. The third-order valence-electron chi connectivity index (χ3n) is 1.99. The summed E-state index contributed by atoms with van der Waals surface area (Å²) in [6.45, 7) is 3.16. The lowest BCUT2D eigenvalue weighted by molar-refractivity contribution is -0.337. The third-order valence-corrected chi connectivity index (χ3v) is 1.99. The van der Waals surface area contributed by atoms with Gasteiger partial charge in [0.15, 0.2) is 0 Å². The van der Waals surface area contributed by atoms with Crippen LogP contribution in [0.3, 0.4) is 0 Å². The van der Waals surface area contributed by atoms with Crippen LogP contribution in [0.15, 0.2) is 12.3 Å². The highest BCUT2D eigenvalue weighted by Gasteiger charge is 1.99. The van der Waals surface area contributed by atoms with Gasteiger partial charge in [0, 0.05) is 13.2 Å². The lowest BCUT2D eigenvalue weighted by atomic mass is 10.2. The number of hydroxylamine groups is 2. The lowest BCUT2D eigenvalue weighted by Gasteiger charge is -2.18. The average Bonchev–Trinajstić information content (AvgIpc) is 2.34. The highest BCUT2D eigenvalue weighted by molar-refractivity contribution is 4.75. The maximum Gasteiger partial charge on any atom is 0.0797 e. The molecule has 0 saturated carbocycles. The number of hydrogen-bond acceptors (Lipinski definition) is 5. The highest BCUT2D eigenvalue weighted by Crippen LogP contribution is 2.01. The predicted molar refractivity (Wildman–Crippen MR) is 65.8 cm³/mol. The Balaban J connectivity index is 3.78. The molecular weight excluding hydrogens is 222 g/mol. The fourth-order valence-corrected chi connectivity index (χ4v) is 1.04. The fraction of sp³-hybridized carbons (Fsp3) is 0.833. The molecule has 5 nitrogen and oxygen atoms in total. The summed E-state index contributed by atoms with van der Waals surface area (Å²) in [5.74, 6) is 0. The second-order valence-electron chi connectivity index (χ2n) is 3.63. The largest absolute Gasteiger partial charge is 0.396 e. The summed E-state index contributed by atoms with van der Waals surface area (Å²) >= 11 is 0. The minimum atomic E-state index is 0.101. The Morgan fingerprint density at radius 3 is 2.06 bits per heavy atom. The van der Waals surface area contributed by atoms with E-state index in [9.17, 15) is 0 Å². The zero-order chi connectivity index (χ0) is 12.8. The smallest absolute Gasteiger partial charge is 0.0797 e. The number of aliphatic hydroxyl groups excluding tert-OH is 2. The molecule has 0 amide bonds. The molecule has 0 aliphatic carbocycles. The number of nitrogens with zero attached hydrogens (tertiary/aromatic N) is 1. The van der Waals surface area contributed by atoms with Gasteiger partial charge < -0.3 is 10.2 Å². The second-order valence-corrected chi connectivity index (χ2v) is 3.63. The van der Waals surface area contributed by atoms with E-state index in [1.807, 2.05) is 6.08 Å². The van der Waals surface area contributed by atoms with E-state index in [2.05, 4.69) is 6.92 Å². The average molecular weight is 247 g/mol. The van der Waals surface area contributed by atoms with Crippen molar-refractivity contribution in [3.8, 4) is 0 Å². The minimum Gasteiger partial charge on any atom is -0.396 e. The van der Waals surface area contributed by atoms with E-state index < -0.39 is 0 Å². The Morgan fingerprint density at radius 1 is 1.00 bits per heavy atom. The fourth-order valence-electron chi connectivity index (χ4n) is 1.04. The topological polar surface area (TPSA) is 62.2 Å². The molecule has 0 aromatic heterocycles. The normalized spacial score (nSPS) is 11.2. The van der Waals surface area contributed by atoms with Gasteiger partial charge in [0.2, 0.25) is 0 Å². The number of allylic oxidation sites excluding steroid dienone is 1. The summed E-state index contributed by atoms with van der Waals surface area (Å²) in [5, 5.41) is 18.6. The van der Waals surface area contributed by atoms with Crippen molar-refractivity contribution >= 4 is 0 Å². The van der Waals surface area contributed by atoms with Gasteiger partial charge in [-0.1, -0.05) is 25.8 Å². The molecule has 0 fully saturated rings. The molecule has 0 unspecified atom stereocenters. The van der Waals surface area contributed by atoms with Gasteiger partial charge >= 0.3 is 0 Å². The molecule has 0 saturated heterocycles. The summed E-state index contributed by atoms with van der Waals surface area (Å²) in [5.41, 5.74) is 0. The first-order valence-electron chi connectivity index (χ1n) is 6.28. The Morgan fingerprint density at radius 2 is 1.59 bits per heavy atom. The van der Waals surface area contributed by atoms with Gasteiger partial charge in [0.25, 0.3) is 0 Å². The van der Waals surface area contributed by atoms with Crippen LogP contribution in [0.4, 0.5) is 0 Å². The van der Waals surface area contributed by atoms with Crippen LogP contribution in [0.5, 0.6) is 0 Å². The Bertz CT molecular complexity index is 166. The molecule has 102 valence electrons. The zero-order valence-corrected chi connectivity index (χ0v) is 10.7. The van der Waals surface area contributed by atoms with Crippen molar-refractivity contribution in [2.24, 2.45) is 0 Å². The highest BCUT2D eigenvalue weighted by atomic mass is 16.9. The molecule has 0 heterocycles. The summed E-state index contributed by atoms with van der Waals surface area (Å²) in [7, 11) is 0. The van der Waals surface area contributed by atoms with Crippen molar-refractivity contribution in [1.29, 1.82) is 0 Å². The van der Waals surface area contributed by atoms with Gasteiger partial charge in [-0.25, -0.2) is 9.68 Å². The molecule has 0 bridgehead atoms. The van der Waals surface area contributed by atoms with Crippen molar-refractivity contribution < 1.29 is 19.9 Å². The first-order valence-corrected chi connectivity index (χ1v) is 6.28. The molecule has 0 aliphatic rings. The molecule has 17 heavy (non-hydrogen) atoms. The number of unbranched alkanes of at least 4 members (excludes halogenated alkanes) is 2. The molecule has 0 aromatic rings. The maximum absolute atomic E-state index is 8.65. The van der Waals surface area contributed by atoms with Gasteiger partial charge in [-0.3, -0.25) is 0 Å². The Hall–Kier alpha value is -0.620. The molecule has 0 aliphatic heterocycles. The van der Waals surface area contributed by atoms with Gasteiger partial charge in [0.1, 0.15) is 0 Å². The van der Waals surface area contributed by atoms with E-state index in [1.54, 1.807) is 6.20 Å². The first kappa shape index (κ1) is 16.4. The summed E-state index contributed by atoms with van der Waals surface area (Å²) < 4.78 is 0. The van der Waals surface area contributed by atoms with Crippen molar-refractivity contribution in [2.75, 3.05) is 26.4 Å². The van der Waals surface area contributed by atoms with Crippen LogP contribution < -0.4 is 0 Å². The van der Waals surface area contributed by atoms with E-state index in [4.69, 9.17) is 19.9 Å².